The van der Waals surface area contributed by atoms with Crippen molar-refractivity contribution in [2.45, 2.75) is 38.1 Å². The van der Waals surface area contributed by atoms with E-state index in [4.69, 9.17) is 21.1 Å². The topological polar surface area (TPSA) is 96.4 Å². The largest absolute Gasteiger partial charge is 0.507 e. The summed E-state index contributed by atoms with van der Waals surface area (Å²) in [5.74, 6) is -2.04. The van der Waals surface area contributed by atoms with Gasteiger partial charge in [-0.15, -0.1) is 0 Å². The van der Waals surface area contributed by atoms with Gasteiger partial charge < -0.3 is 19.7 Å². The number of benzene rings is 1. The summed E-state index contributed by atoms with van der Waals surface area (Å²) in [5.41, 5.74) is -0.176. The zero-order chi connectivity index (χ0) is 18.1. The molecule has 25 heavy (non-hydrogen) atoms. The van der Waals surface area contributed by atoms with Crippen molar-refractivity contribution in [2.75, 3.05) is 0 Å². The van der Waals surface area contributed by atoms with E-state index >= 15 is 0 Å². The molecular weight excluding hydrogens is 348 g/mol. The normalized spacial score (nSPS) is 29.0. The molecule has 1 aromatic rings. The maximum absolute atomic E-state index is 12.5. The van der Waals surface area contributed by atoms with Crippen LogP contribution in [0.15, 0.2) is 30.4 Å². The van der Waals surface area contributed by atoms with E-state index in [1.165, 1.54) is 6.08 Å². The van der Waals surface area contributed by atoms with Gasteiger partial charge in [0.2, 0.25) is 0 Å². The molecule has 7 heteroatoms. The van der Waals surface area contributed by atoms with Gasteiger partial charge in [0.25, 0.3) is 0 Å². The predicted octanol–water partition coefficient (Wildman–Crippen LogP) is 2.69. The Morgan fingerprint density at radius 3 is 2.72 bits per heavy atom. The van der Waals surface area contributed by atoms with Crippen LogP contribution in [0.3, 0.4) is 0 Å². The molecule has 0 aromatic heterocycles. The van der Waals surface area contributed by atoms with Gasteiger partial charge in [0.1, 0.15) is 29.3 Å². The van der Waals surface area contributed by atoms with Crippen molar-refractivity contribution in [3.63, 3.8) is 0 Å². The molecule has 2 heterocycles. The van der Waals surface area contributed by atoms with Crippen molar-refractivity contribution in [3.05, 3.63) is 46.5 Å². The van der Waals surface area contributed by atoms with Crippen LogP contribution < -0.4 is 0 Å². The van der Waals surface area contributed by atoms with Crippen LogP contribution in [0.2, 0.25) is 5.02 Å². The molecule has 0 radical (unpaired) electrons. The van der Waals surface area contributed by atoms with E-state index in [-0.39, 0.29) is 40.6 Å². The molecule has 2 aliphatic heterocycles. The molecule has 3 rings (SSSR count). The summed E-state index contributed by atoms with van der Waals surface area (Å²) in [6.45, 7) is 1.72. The number of carbonyl (C=O) groups is 2. The van der Waals surface area contributed by atoms with Gasteiger partial charge in [0.05, 0.1) is 11.1 Å². The lowest BCUT2D eigenvalue weighted by Gasteiger charge is -2.16. The second-order valence-corrected chi connectivity index (χ2v) is 6.44. The number of esters is 1. The Morgan fingerprint density at radius 2 is 1.96 bits per heavy atom. The SMILES string of the molecule is C[C@H]1C[C@@H]2O[C@@H]2/C=C\C=C\C(=O)Cc2c(Cl)c(O)cc(O)c2C(=O)O1. The third kappa shape index (κ3) is 3.86. The van der Waals surface area contributed by atoms with E-state index in [0.717, 1.165) is 6.07 Å². The first-order valence-corrected chi connectivity index (χ1v) is 8.22. The highest BCUT2D eigenvalue weighted by Gasteiger charge is 2.38. The molecule has 132 valence electrons. The standard InChI is InChI=1S/C18H17ClO6/c1-9-6-15-14(25-15)5-3-2-4-10(20)7-11-16(18(23)24-9)12(21)8-13(22)17(11)19/h2-5,8-9,14-15,21-22H,6-7H2,1H3/b4-2+,5-3-/t9-,14+,15-/m0/s1. The van der Waals surface area contributed by atoms with Gasteiger partial charge in [-0.05, 0) is 13.0 Å². The average Bonchev–Trinajstić information content (AvgIpc) is 3.25. The number of rotatable bonds is 0. The van der Waals surface area contributed by atoms with Crippen molar-refractivity contribution in [1.29, 1.82) is 0 Å². The lowest BCUT2D eigenvalue weighted by atomic mass is 10.00. The van der Waals surface area contributed by atoms with Gasteiger partial charge >= 0.3 is 5.97 Å². The van der Waals surface area contributed by atoms with E-state index in [2.05, 4.69) is 0 Å². The van der Waals surface area contributed by atoms with Gasteiger partial charge in [0, 0.05) is 24.5 Å². The summed E-state index contributed by atoms with van der Waals surface area (Å²) >= 11 is 6.05. The Bertz CT molecular complexity index is 782. The highest BCUT2D eigenvalue weighted by atomic mass is 35.5. The molecule has 1 aromatic carbocycles. The summed E-state index contributed by atoms with van der Waals surface area (Å²) in [5, 5.41) is 19.7. The van der Waals surface area contributed by atoms with E-state index < -0.39 is 23.6 Å². The smallest absolute Gasteiger partial charge is 0.342 e. The highest BCUT2D eigenvalue weighted by molar-refractivity contribution is 6.33. The monoisotopic (exact) mass is 364 g/mol. The van der Waals surface area contributed by atoms with Gasteiger partial charge in [-0.25, -0.2) is 4.79 Å². The lowest BCUT2D eigenvalue weighted by molar-refractivity contribution is -0.114. The Hall–Kier alpha value is -2.31. The minimum absolute atomic E-state index is 0.0348. The third-order valence-corrected chi connectivity index (χ3v) is 4.49. The zero-order valence-electron chi connectivity index (χ0n) is 13.4. The van der Waals surface area contributed by atoms with Crippen molar-refractivity contribution < 1.29 is 29.3 Å². The highest BCUT2D eigenvalue weighted by Crippen LogP contribution is 2.37. The number of cyclic esters (lactones) is 1. The first-order chi connectivity index (χ1) is 11.9. The zero-order valence-corrected chi connectivity index (χ0v) is 14.2. The maximum Gasteiger partial charge on any atom is 0.342 e. The Morgan fingerprint density at radius 1 is 1.20 bits per heavy atom. The van der Waals surface area contributed by atoms with E-state index in [1.807, 2.05) is 6.08 Å². The summed E-state index contributed by atoms with van der Waals surface area (Å²) in [7, 11) is 0. The van der Waals surface area contributed by atoms with Crippen LogP contribution >= 0.6 is 11.6 Å². The van der Waals surface area contributed by atoms with Crippen molar-refractivity contribution in [1.82, 2.24) is 0 Å². The van der Waals surface area contributed by atoms with Crippen LogP contribution in [0, 0.1) is 0 Å². The number of aromatic hydroxyl groups is 2. The molecular formula is C18H17ClO6. The fourth-order valence-corrected chi connectivity index (χ4v) is 3.00. The Balaban J connectivity index is 2.01. The van der Waals surface area contributed by atoms with Crippen LogP contribution in [0.4, 0.5) is 0 Å². The van der Waals surface area contributed by atoms with Crippen LogP contribution in [0.1, 0.15) is 29.3 Å². The first kappa shape index (κ1) is 17.5. The second kappa shape index (κ2) is 6.90. The molecule has 1 fully saturated rings. The van der Waals surface area contributed by atoms with E-state index in [1.54, 1.807) is 19.1 Å². The van der Waals surface area contributed by atoms with E-state index in [9.17, 15) is 19.8 Å². The molecule has 1 saturated heterocycles. The number of epoxide rings is 1. The first-order valence-electron chi connectivity index (χ1n) is 7.84. The number of fused-ring (bicyclic) bond motifs is 2. The molecule has 2 N–H and O–H groups in total. The minimum Gasteiger partial charge on any atom is -0.507 e. The third-order valence-electron chi connectivity index (χ3n) is 4.06. The number of allylic oxidation sites excluding steroid dienone is 3. The fourth-order valence-electron chi connectivity index (χ4n) is 2.78. The summed E-state index contributed by atoms with van der Waals surface area (Å²) < 4.78 is 10.8. The van der Waals surface area contributed by atoms with Gasteiger partial charge in [-0.3, -0.25) is 4.79 Å². The molecule has 0 bridgehead atoms. The quantitative estimate of drug-likeness (QED) is 0.542. The molecule has 6 nitrogen and oxygen atoms in total. The second-order valence-electron chi connectivity index (χ2n) is 6.06. The number of phenols is 2. The van der Waals surface area contributed by atoms with Crippen LogP contribution in [-0.4, -0.2) is 40.3 Å². The van der Waals surface area contributed by atoms with Crippen molar-refractivity contribution >= 4 is 23.4 Å². The van der Waals surface area contributed by atoms with Gasteiger partial charge in [-0.1, -0.05) is 29.8 Å². The van der Waals surface area contributed by atoms with E-state index in [0.29, 0.717) is 6.42 Å². The summed E-state index contributed by atoms with van der Waals surface area (Å²) in [6, 6.07) is 0.958. The lowest BCUT2D eigenvalue weighted by Crippen LogP contribution is -2.19. The van der Waals surface area contributed by atoms with Crippen LogP contribution in [0.5, 0.6) is 11.5 Å². The molecule has 0 spiro atoms. The fraction of sp³-hybridized carbons (Fsp3) is 0.333. The molecule has 0 aliphatic carbocycles. The molecule has 0 saturated carbocycles. The number of hydrogen-bond donors (Lipinski definition) is 2. The molecule has 0 amide bonds. The predicted molar refractivity (Wildman–Crippen MR) is 89.9 cm³/mol. The van der Waals surface area contributed by atoms with Crippen molar-refractivity contribution in [2.24, 2.45) is 0 Å². The minimum atomic E-state index is -0.802. The van der Waals surface area contributed by atoms with Crippen LogP contribution in [0.25, 0.3) is 0 Å². The number of halogens is 1. The molecule has 3 atom stereocenters. The van der Waals surface area contributed by atoms with Gasteiger partial charge in [-0.2, -0.15) is 0 Å². The molecule has 0 unspecified atom stereocenters. The molecule has 2 aliphatic rings. The number of carbonyl (C=O) groups excluding carboxylic acids is 2. The number of hydrogen-bond acceptors (Lipinski definition) is 6. The average molecular weight is 365 g/mol. The Labute approximate surface area is 149 Å². The summed E-state index contributed by atoms with van der Waals surface area (Å²) in [4.78, 5) is 24.6. The Kier molecular flexibility index (Phi) is 4.83. The van der Waals surface area contributed by atoms with Gasteiger partial charge in [0.15, 0.2) is 5.78 Å². The van der Waals surface area contributed by atoms with Crippen LogP contribution in [-0.2, 0) is 20.7 Å². The number of ketones is 1. The number of phenolic OH excluding ortho intramolecular Hbond substituents is 2. The number of ether oxygens (including phenoxy) is 2. The summed E-state index contributed by atoms with van der Waals surface area (Å²) in [6.07, 6.45) is 6.13. The van der Waals surface area contributed by atoms with Crippen molar-refractivity contribution in [3.8, 4) is 11.5 Å². The maximum atomic E-state index is 12.5.